The predicted molar refractivity (Wildman–Crippen MR) is 84.2 cm³/mol. The molecule has 1 aromatic carbocycles. The van der Waals surface area contributed by atoms with Crippen LogP contribution in [0.25, 0.3) is 10.9 Å². The van der Waals surface area contributed by atoms with Crippen LogP contribution in [0, 0.1) is 0 Å². The summed E-state index contributed by atoms with van der Waals surface area (Å²) in [6.45, 7) is 2.44. The number of amides is 1. The largest absolute Gasteiger partial charge is 0.493 e. The maximum Gasteiger partial charge on any atom is 0.225 e. The minimum atomic E-state index is -0.0856. The van der Waals surface area contributed by atoms with Crippen molar-refractivity contribution in [1.82, 2.24) is 15.3 Å². The maximum absolute atomic E-state index is 10.8. The molecule has 0 saturated heterocycles. The van der Waals surface area contributed by atoms with Gasteiger partial charge in [-0.15, -0.1) is 0 Å². The third kappa shape index (κ3) is 3.46. The number of hydrogen-bond donors (Lipinski definition) is 3. The van der Waals surface area contributed by atoms with Gasteiger partial charge in [-0.1, -0.05) is 0 Å². The average molecular weight is 305 g/mol. The highest BCUT2D eigenvalue weighted by atomic mass is 16.5. The third-order valence-corrected chi connectivity index (χ3v) is 3.01. The van der Waals surface area contributed by atoms with Crippen molar-refractivity contribution in [2.75, 3.05) is 38.4 Å². The molecule has 0 spiro atoms. The number of nitrogens with zero attached hydrogens (tertiary/aromatic N) is 2. The first-order valence-corrected chi connectivity index (χ1v) is 6.72. The number of aromatic nitrogens is 2. The number of rotatable bonds is 6. The number of methoxy groups -OCH3 is 2. The Kier molecular flexibility index (Phi) is 4.82. The van der Waals surface area contributed by atoms with Gasteiger partial charge in [0.2, 0.25) is 11.9 Å². The van der Waals surface area contributed by atoms with Gasteiger partial charge in [-0.3, -0.25) is 4.79 Å². The number of nitrogen functional groups attached to an aromatic ring is 1. The van der Waals surface area contributed by atoms with Crippen LogP contribution < -0.4 is 25.8 Å². The molecule has 0 saturated carbocycles. The van der Waals surface area contributed by atoms with Gasteiger partial charge in [-0.25, -0.2) is 4.98 Å². The van der Waals surface area contributed by atoms with Crippen molar-refractivity contribution in [3.05, 3.63) is 12.1 Å². The van der Waals surface area contributed by atoms with Crippen molar-refractivity contribution in [3.8, 4) is 11.5 Å². The molecule has 118 valence electrons. The zero-order chi connectivity index (χ0) is 16.1. The molecule has 0 atom stereocenters. The third-order valence-electron chi connectivity index (χ3n) is 3.01. The SMILES string of the molecule is COc1cc2nc(NCCNC(C)=O)nc(N)c2cc1OC. The first-order chi connectivity index (χ1) is 10.5. The fourth-order valence-electron chi connectivity index (χ4n) is 1.97. The molecule has 8 heteroatoms. The van der Waals surface area contributed by atoms with Crippen LogP contribution in [-0.2, 0) is 4.79 Å². The Bertz CT molecular complexity index is 690. The van der Waals surface area contributed by atoms with Crippen LogP contribution in [0.4, 0.5) is 11.8 Å². The highest BCUT2D eigenvalue weighted by Gasteiger charge is 2.11. The van der Waals surface area contributed by atoms with Crippen molar-refractivity contribution in [2.45, 2.75) is 6.92 Å². The summed E-state index contributed by atoms with van der Waals surface area (Å²) in [5.41, 5.74) is 6.61. The van der Waals surface area contributed by atoms with Crippen LogP contribution in [0.15, 0.2) is 12.1 Å². The summed E-state index contributed by atoms with van der Waals surface area (Å²) in [7, 11) is 3.11. The Morgan fingerprint density at radius 1 is 1.18 bits per heavy atom. The molecule has 0 unspecified atom stereocenters. The number of nitrogens with two attached hydrogens (primary N) is 1. The summed E-state index contributed by atoms with van der Waals surface area (Å²) < 4.78 is 10.5. The Morgan fingerprint density at radius 2 is 1.86 bits per heavy atom. The summed E-state index contributed by atoms with van der Waals surface area (Å²) in [6, 6.07) is 3.48. The molecule has 0 aliphatic heterocycles. The number of ether oxygens (including phenoxy) is 2. The fourth-order valence-corrected chi connectivity index (χ4v) is 1.97. The summed E-state index contributed by atoms with van der Waals surface area (Å²) in [5, 5.41) is 6.37. The van der Waals surface area contributed by atoms with Crippen molar-refractivity contribution >= 4 is 28.6 Å². The molecule has 4 N–H and O–H groups in total. The van der Waals surface area contributed by atoms with Gasteiger partial charge in [-0.05, 0) is 6.07 Å². The van der Waals surface area contributed by atoms with Gasteiger partial charge in [0.05, 0.1) is 19.7 Å². The topological polar surface area (TPSA) is 111 Å². The van der Waals surface area contributed by atoms with Gasteiger partial charge in [-0.2, -0.15) is 4.98 Å². The first-order valence-electron chi connectivity index (χ1n) is 6.72. The van der Waals surface area contributed by atoms with Gasteiger partial charge >= 0.3 is 0 Å². The Labute approximate surface area is 128 Å². The van der Waals surface area contributed by atoms with E-state index in [0.717, 1.165) is 0 Å². The Morgan fingerprint density at radius 3 is 2.50 bits per heavy atom. The van der Waals surface area contributed by atoms with E-state index >= 15 is 0 Å². The van der Waals surface area contributed by atoms with E-state index in [-0.39, 0.29) is 5.91 Å². The van der Waals surface area contributed by atoms with Crippen LogP contribution in [0.5, 0.6) is 11.5 Å². The average Bonchev–Trinajstić information content (AvgIpc) is 2.50. The first kappa shape index (κ1) is 15.6. The monoisotopic (exact) mass is 305 g/mol. The molecular formula is C14H19N5O3. The van der Waals surface area contributed by atoms with Crippen LogP contribution >= 0.6 is 0 Å². The summed E-state index contributed by atoms with van der Waals surface area (Å²) >= 11 is 0. The fraction of sp³-hybridized carbons (Fsp3) is 0.357. The van der Waals surface area contributed by atoms with Gasteiger partial charge in [0, 0.05) is 31.5 Å². The number of benzene rings is 1. The molecule has 2 aromatic rings. The van der Waals surface area contributed by atoms with Crippen LogP contribution in [-0.4, -0.2) is 43.2 Å². The quantitative estimate of drug-likeness (QED) is 0.676. The van der Waals surface area contributed by atoms with Crippen LogP contribution in [0.2, 0.25) is 0 Å². The van der Waals surface area contributed by atoms with E-state index in [4.69, 9.17) is 15.2 Å². The van der Waals surface area contributed by atoms with Gasteiger partial charge in [0.1, 0.15) is 5.82 Å². The second kappa shape index (κ2) is 6.79. The van der Waals surface area contributed by atoms with Gasteiger partial charge in [0.25, 0.3) is 0 Å². The number of fused-ring (bicyclic) bond motifs is 1. The zero-order valence-corrected chi connectivity index (χ0v) is 12.8. The number of hydrogen-bond acceptors (Lipinski definition) is 7. The van der Waals surface area contributed by atoms with E-state index in [1.54, 1.807) is 26.4 Å². The Hall–Kier alpha value is -2.77. The van der Waals surface area contributed by atoms with E-state index < -0.39 is 0 Å². The molecule has 1 aromatic heterocycles. The van der Waals surface area contributed by atoms with Gasteiger partial charge < -0.3 is 25.8 Å². The van der Waals surface area contributed by atoms with E-state index in [0.29, 0.717) is 47.3 Å². The predicted octanol–water partition coefficient (Wildman–Crippen LogP) is 0.777. The van der Waals surface area contributed by atoms with Crippen LogP contribution in [0.1, 0.15) is 6.92 Å². The van der Waals surface area contributed by atoms with E-state index in [9.17, 15) is 4.79 Å². The number of anilines is 2. The summed E-state index contributed by atoms with van der Waals surface area (Å²) in [5.74, 6) is 1.78. The minimum absolute atomic E-state index is 0.0856. The molecule has 0 aliphatic rings. The summed E-state index contributed by atoms with van der Waals surface area (Å²) in [6.07, 6.45) is 0. The van der Waals surface area contributed by atoms with Crippen molar-refractivity contribution in [3.63, 3.8) is 0 Å². The smallest absolute Gasteiger partial charge is 0.225 e. The second-order valence-corrected chi connectivity index (χ2v) is 4.57. The molecule has 0 fully saturated rings. The van der Waals surface area contributed by atoms with Crippen LogP contribution in [0.3, 0.4) is 0 Å². The molecule has 0 aliphatic carbocycles. The molecule has 1 amide bonds. The Balaban J connectivity index is 2.25. The number of nitrogens with one attached hydrogen (secondary N) is 2. The lowest BCUT2D eigenvalue weighted by atomic mass is 10.2. The lowest BCUT2D eigenvalue weighted by molar-refractivity contribution is -0.118. The molecule has 22 heavy (non-hydrogen) atoms. The molecule has 2 rings (SSSR count). The zero-order valence-electron chi connectivity index (χ0n) is 12.8. The van der Waals surface area contributed by atoms with E-state index in [1.807, 2.05) is 0 Å². The highest BCUT2D eigenvalue weighted by Crippen LogP contribution is 2.33. The van der Waals surface area contributed by atoms with Crippen molar-refractivity contribution < 1.29 is 14.3 Å². The van der Waals surface area contributed by atoms with Gasteiger partial charge in [0.15, 0.2) is 11.5 Å². The van der Waals surface area contributed by atoms with Crippen molar-refractivity contribution in [1.29, 1.82) is 0 Å². The molecule has 0 bridgehead atoms. The highest BCUT2D eigenvalue weighted by molar-refractivity contribution is 5.91. The molecule has 1 heterocycles. The second-order valence-electron chi connectivity index (χ2n) is 4.57. The molecular weight excluding hydrogens is 286 g/mol. The number of carbonyl (C=O) groups excluding carboxylic acids is 1. The standard InChI is InChI=1S/C14H19N5O3/c1-8(20)16-4-5-17-14-18-10-7-12(22-3)11(21-2)6-9(10)13(15)19-14/h6-7H,4-5H2,1-3H3,(H,16,20)(H3,15,17,18,19). The van der Waals surface area contributed by atoms with E-state index in [1.165, 1.54) is 6.92 Å². The van der Waals surface area contributed by atoms with Crippen molar-refractivity contribution in [2.24, 2.45) is 0 Å². The lowest BCUT2D eigenvalue weighted by Gasteiger charge is -2.11. The summed E-state index contributed by atoms with van der Waals surface area (Å²) in [4.78, 5) is 19.4. The number of carbonyl (C=O) groups is 1. The normalized spacial score (nSPS) is 10.3. The molecule has 0 radical (unpaired) electrons. The lowest BCUT2D eigenvalue weighted by Crippen LogP contribution is -2.26. The maximum atomic E-state index is 10.8. The minimum Gasteiger partial charge on any atom is -0.493 e. The van der Waals surface area contributed by atoms with E-state index in [2.05, 4.69) is 20.6 Å². The molecule has 8 nitrogen and oxygen atoms in total.